The van der Waals surface area contributed by atoms with E-state index in [9.17, 15) is 13.2 Å². The third kappa shape index (κ3) is 5.92. The van der Waals surface area contributed by atoms with Crippen molar-refractivity contribution in [1.82, 2.24) is 0 Å². The van der Waals surface area contributed by atoms with Crippen molar-refractivity contribution in [3.05, 3.63) is 257 Å². The lowest BCUT2D eigenvalue weighted by atomic mass is 9.68. The fourth-order valence-corrected chi connectivity index (χ4v) is 11.6. The predicted octanol–water partition coefficient (Wildman–Crippen LogP) is 17.4. The molecule has 1 unspecified atom stereocenters. The zero-order valence-electron chi connectivity index (χ0n) is 37.2. The number of alkyl halides is 5. The lowest BCUT2D eigenvalue weighted by Gasteiger charge is -2.33. The monoisotopic (exact) mass is 895 g/mol. The molecule has 3 aliphatic rings. The van der Waals surface area contributed by atoms with Crippen molar-refractivity contribution in [2.45, 2.75) is 36.8 Å². The van der Waals surface area contributed by atoms with Gasteiger partial charge in [-0.3, -0.25) is 0 Å². The quantitative estimate of drug-likeness (QED) is 0.114. The van der Waals surface area contributed by atoms with Gasteiger partial charge in [-0.15, -0.1) is 0 Å². The Balaban J connectivity index is 1.12. The van der Waals surface area contributed by atoms with E-state index in [1.807, 2.05) is 84.9 Å². The topological polar surface area (TPSA) is 3.24 Å². The predicted molar refractivity (Wildman–Crippen MR) is 265 cm³/mol. The first-order valence-electron chi connectivity index (χ1n) is 22.7. The smallest absolute Gasteiger partial charge is 0.310 e. The van der Waals surface area contributed by atoms with E-state index in [1.165, 1.54) is 46.5 Å². The second kappa shape index (κ2) is 14.8. The molecule has 1 nitrogen and oxygen atoms in total. The van der Waals surface area contributed by atoms with Crippen molar-refractivity contribution in [2.24, 2.45) is 0 Å². The van der Waals surface area contributed by atoms with Crippen LogP contribution >= 0.6 is 0 Å². The minimum absolute atomic E-state index is 0.266. The Kier molecular flexibility index (Phi) is 9.07. The Hall–Kier alpha value is -7.83. The average molecular weight is 896 g/mol. The van der Waals surface area contributed by atoms with Crippen molar-refractivity contribution in [3.63, 3.8) is 0 Å². The summed E-state index contributed by atoms with van der Waals surface area (Å²) in [5.74, 6) is -3.40. The van der Waals surface area contributed by atoms with Crippen LogP contribution in [0.1, 0.15) is 58.4 Å². The van der Waals surface area contributed by atoms with Crippen molar-refractivity contribution in [1.29, 1.82) is 0 Å². The van der Waals surface area contributed by atoms with Gasteiger partial charge >= 0.3 is 6.18 Å². The van der Waals surface area contributed by atoms with Crippen molar-refractivity contribution in [3.8, 4) is 55.6 Å². The second-order valence-corrected chi connectivity index (χ2v) is 18.5. The fourth-order valence-electron chi connectivity index (χ4n) is 11.6. The molecule has 1 spiro atoms. The van der Waals surface area contributed by atoms with Crippen LogP contribution in [0.15, 0.2) is 213 Å². The summed E-state index contributed by atoms with van der Waals surface area (Å²) in [5, 5.41) is 0. The van der Waals surface area contributed by atoms with Crippen LogP contribution in [0, 0.1) is 0 Å². The van der Waals surface area contributed by atoms with Crippen LogP contribution in [-0.4, -0.2) is 0 Å². The number of anilines is 3. The summed E-state index contributed by atoms with van der Waals surface area (Å²) in [5.41, 5.74) is 13.8. The highest BCUT2D eigenvalue weighted by atomic mass is 19.4. The van der Waals surface area contributed by atoms with Crippen LogP contribution in [0.2, 0.25) is 0 Å². The zero-order valence-corrected chi connectivity index (χ0v) is 37.2. The normalized spacial score (nSPS) is 15.8. The maximum absolute atomic E-state index is 15.8. The number of hydrogen-bond donors (Lipinski definition) is 0. The molecule has 0 heterocycles. The first-order valence-corrected chi connectivity index (χ1v) is 22.7. The Morgan fingerprint density at radius 2 is 0.926 bits per heavy atom. The molecule has 0 aromatic heterocycles. The second-order valence-electron chi connectivity index (χ2n) is 18.5. The van der Waals surface area contributed by atoms with E-state index in [-0.39, 0.29) is 11.0 Å². The molecule has 9 aromatic carbocycles. The fraction of sp³-hybridized carbons (Fsp3) is 0.0968. The molecule has 0 bridgehead atoms. The van der Waals surface area contributed by atoms with E-state index < -0.39 is 23.1 Å². The zero-order chi connectivity index (χ0) is 46.7. The third-order valence-corrected chi connectivity index (χ3v) is 14.6. The molecule has 0 N–H and O–H groups in total. The van der Waals surface area contributed by atoms with E-state index in [2.05, 4.69) is 104 Å². The molecule has 12 rings (SSSR count). The lowest BCUT2D eigenvalue weighted by Crippen LogP contribution is -2.28. The van der Waals surface area contributed by atoms with Gasteiger partial charge in [0.25, 0.3) is 5.92 Å². The van der Waals surface area contributed by atoms with Gasteiger partial charge in [0.1, 0.15) is 0 Å². The van der Waals surface area contributed by atoms with Gasteiger partial charge in [0.05, 0.1) is 16.7 Å². The first-order chi connectivity index (χ1) is 32.8. The van der Waals surface area contributed by atoms with Gasteiger partial charge in [0.2, 0.25) is 0 Å². The highest BCUT2D eigenvalue weighted by Crippen LogP contribution is 2.65. The molecule has 330 valence electrons. The summed E-state index contributed by atoms with van der Waals surface area (Å²) in [7, 11) is 0. The standard InChI is InChI=1S/C62H42F5N/c1-4-60(63,64)40-28-31-49-50-32-29-41(62(65,66)67)36-56(50)61(55(49)35-40)53-26-12-9-22-47(53)51-24-15-23-45(58(51)61)39-18-14-19-42(34-39)68(57-27-13-10-20-44(57)38-16-6-5-7-17-38)43-30-33-48-46-21-8-11-25-52(46)59(2,3)54(48)37-43/h4-37H,1H2,2-3H3. The number of nitrogens with zero attached hydrogens (tertiary/aromatic N) is 1. The van der Waals surface area contributed by atoms with E-state index in [0.29, 0.717) is 28.3 Å². The molecule has 0 saturated carbocycles. The summed E-state index contributed by atoms with van der Waals surface area (Å²) < 4.78 is 76.1. The van der Waals surface area contributed by atoms with E-state index in [4.69, 9.17) is 0 Å². The van der Waals surface area contributed by atoms with Gasteiger partial charge in [-0.25, -0.2) is 0 Å². The average Bonchev–Trinajstić information content (AvgIpc) is 3.92. The first kappa shape index (κ1) is 41.6. The minimum atomic E-state index is -4.66. The van der Waals surface area contributed by atoms with Gasteiger partial charge < -0.3 is 4.90 Å². The number of benzene rings is 9. The molecule has 0 fully saturated rings. The summed E-state index contributed by atoms with van der Waals surface area (Å²) in [4.78, 5) is 2.29. The van der Waals surface area contributed by atoms with Gasteiger partial charge in [-0.2, -0.15) is 22.0 Å². The van der Waals surface area contributed by atoms with Gasteiger partial charge in [0.15, 0.2) is 0 Å². The molecule has 0 radical (unpaired) electrons. The number of rotatable bonds is 7. The van der Waals surface area contributed by atoms with Crippen LogP contribution in [0.3, 0.4) is 0 Å². The third-order valence-electron chi connectivity index (χ3n) is 14.6. The molecular formula is C62H42F5N. The summed E-state index contributed by atoms with van der Waals surface area (Å²) in [6.45, 7) is 7.98. The van der Waals surface area contributed by atoms with Crippen molar-refractivity contribution < 1.29 is 22.0 Å². The molecule has 3 aliphatic carbocycles. The maximum Gasteiger partial charge on any atom is 0.416 e. The van der Waals surface area contributed by atoms with E-state index in [1.54, 1.807) is 6.07 Å². The minimum Gasteiger partial charge on any atom is -0.310 e. The number of para-hydroxylation sites is 1. The number of allylic oxidation sites excluding steroid dienone is 1. The summed E-state index contributed by atoms with van der Waals surface area (Å²) in [6.07, 6.45) is -4.04. The highest BCUT2D eigenvalue weighted by molar-refractivity contribution is 6.00. The van der Waals surface area contributed by atoms with Crippen LogP contribution in [0.4, 0.5) is 39.0 Å². The Morgan fingerprint density at radius 1 is 0.412 bits per heavy atom. The molecular weight excluding hydrogens is 854 g/mol. The van der Waals surface area contributed by atoms with Crippen LogP contribution in [-0.2, 0) is 22.9 Å². The Bertz CT molecular complexity index is 3550. The molecule has 9 aromatic rings. The molecule has 1 atom stereocenters. The number of halogens is 5. The van der Waals surface area contributed by atoms with Crippen LogP contribution in [0.25, 0.3) is 55.6 Å². The van der Waals surface area contributed by atoms with Crippen LogP contribution < -0.4 is 4.90 Å². The molecule has 6 heteroatoms. The Labute approximate surface area is 392 Å². The van der Waals surface area contributed by atoms with Crippen molar-refractivity contribution in [2.75, 3.05) is 4.90 Å². The van der Waals surface area contributed by atoms with Crippen LogP contribution in [0.5, 0.6) is 0 Å². The molecule has 0 saturated heterocycles. The van der Waals surface area contributed by atoms with E-state index >= 15 is 8.78 Å². The molecule has 68 heavy (non-hydrogen) atoms. The van der Waals surface area contributed by atoms with Gasteiger partial charge in [0, 0.05) is 27.9 Å². The highest BCUT2D eigenvalue weighted by Gasteiger charge is 2.54. The summed E-state index contributed by atoms with van der Waals surface area (Å²) >= 11 is 0. The van der Waals surface area contributed by atoms with E-state index in [0.717, 1.165) is 67.6 Å². The number of fused-ring (bicyclic) bond motifs is 13. The molecule has 0 amide bonds. The van der Waals surface area contributed by atoms with Crippen molar-refractivity contribution >= 4 is 17.1 Å². The van der Waals surface area contributed by atoms with Gasteiger partial charge in [-0.05, 0) is 138 Å². The SMILES string of the molecule is C=CC(F)(F)c1ccc2c(c1)C1(c3cc(C(F)(F)F)ccc3-2)c2ccccc2-c2cccc(-c3cccc(N(c4ccc5c(c4)C(C)(C)c4ccccc4-5)c4ccccc4-c4ccccc4)c3)c21. The largest absolute Gasteiger partial charge is 0.416 e. The Morgan fingerprint density at radius 3 is 1.65 bits per heavy atom. The maximum atomic E-state index is 15.8. The lowest BCUT2D eigenvalue weighted by molar-refractivity contribution is -0.137. The summed E-state index contributed by atoms with van der Waals surface area (Å²) in [6, 6.07) is 64.2. The molecule has 0 aliphatic heterocycles. The number of hydrogen-bond acceptors (Lipinski definition) is 1. The van der Waals surface area contributed by atoms with Gasteiger partial charge in [-0.1, -0.05) is 172 Å².